The molecule has 0 amide bonds. The van der Waals surface area contributed by atoms with Crippen LogP contribution in [0.3, 0.4) is 0 Å². The molecule has 0 radical (unpaired) electrons. The Morgan fingerprint density at radius 2 is 1.48 bits per heavy atom. The van der Waals surface area contributed by atoms with Gasteiger partial charge < -0.3 is 4.90 Å². The van der Waals surface area contributed by atoms with Gasteiger partial charge in [0.05, 0.1) is 11.6 Å². The number of benzene rings is 2. The standard InChI is InChI=1S/C29H30N4/c1-4-5-6-7-10-17-33-27-12-9-8-11-26(27)29(2,3)28(33)18-24(19-30)22-13-15-23(16-14-22)25(20-31)21-32/h8-9,11-16,18H,4-7,10,17H2,1-3H3/b28-18+. The van der Waals surface area contributed by atoms with Crippen molar-refractivity contribution in [2.45, 2.75) is 58.3 Å². The van der Waals surface area contributed by atoms with Crippen LogP contribution in [0.15, 0.2) is 60.3 Å². The molecule has 0 atom stereocenters. The third-order valence-corrected chi connectivity index (χ3v) is 6.39. The second kappa shape index (κ2) is 10.7. The molecule has 0 saturated heterocycles. The third-order valence-electron chi connectivity index (χ3n) is 6.39. The molecule has 4 heteroatoms. The number of allylic oxidation sites excluding steroid dienone is 2. The molecule has 2 aromatic carbocycles. The SMILES string of the molecule is CCCCCCCN1/C(=C/C(C#N)=c2ccc(=C(C#N)C#N)cc2)C(C)(C)c2ccccc21. The van der Waals surface area contributed by atoms with Gasteiger partial charge in [0.1, 0.15) is 17.7 Å². The fourth-order valence-corrected chi connectivity index (χ4v) is 4.50. The highest BCUT2D eigenvalue weighted by atomic mass is 15.2. The fourth-order valence-electron chi connectivity index (χ4n) is 4.50. The quantitative estimate of drug-likeness (QED) is 0.561. The summed E-state index contributed by atoms with van der Waals surface area (Å²) in [6.45, 7) is 7.59. The van der Waals surface area contributed by atoms with Gasteiger partial charge in [-0.25, -0.2) is 0 Å². The number of hydrogen-bond acceptors (Lipinski definition) is 4. The average Bonchev–Trinajstić information content (AvgIpc) is 3.05. The van der Waals surface area contributed by atoms with E-state index in [0.717, 1.165) is 23.9 Å². The summed E-state index contributed by atoms with van der Waals surface area (Å²) in [5.41, 5.74) is 4.05. The summed E-state index contributed by atoms with van der Waals surface area (Å²) < 4.78 is 0. The summed E-state index contributed by atoms with van der Waals surface area (Å²) in [6, 6.07) is 21.8. The molecule has 1 aliphatic rings. The number of anilines is 1. The third kappa shape index (κ3) is 5.00. The summed E-state index contributed by atoms with van der Waals surface area (Å²) in [5, 5.41) is 29.5. The predicted molar refractivity (Wildman–Crippen MR) is 133 cm³/mol. The number of para-hydroxylation sites is 1. The van der Waals surface area contributed by atoms with E-state index < -0.39 is 0 Å². The number of nitriles is 3. The average molecular weight is 435 g/mol. The number of unbranched alkanes of at least 4 members (excludes halogenated alkanes) is 4. The van der Waals surface area contributed by atoms with E-state index in [9.17, 15) is 5.26 Å². The minimum atomic E-state index is -0.218. The number of fused-ring (bicyclic) bond motifs is 1. The zero-order chi connectivity index (χ0) is 23.8. The highest BCUT2D eigenvalue weighted by Gasteiger charge is 2.39. The highest BCUT2D eigenvalue weighted by molar-refractivity contribution is 5.78. The van der Waals surface area contributed by atoms with Gasteiger partial charge >= 0.3 is 0 Å². The van der Waals surface area contributed by atoms with Gasteiger partial charge in [-0.2, -0.15) is 15.8 Å². The summed E-state index contributed by atoms with van der Waals surface area (Å²) in [4.78, 5) is 2.38. The van der Waals surface area contributed by atoms with Gasteiger partial charge in [-0.3, -0.25) is 0 Å². The maximum atomic E-state index is 10.00. The molecule has 0 fully saturated rings. The van der Waals surface area contributed by atoms with Crippen molar-refractivity contribution in [1.82, 2.24) is 0 Å². The van der Waals surface area contributed by atoms with E-state index in [2.05, 4.69) is 56.0 Å². The largest absolute Gasteiger partial charge is 0.344 e. The van der Waals surface area contributed by atoms with Crippen LogP contribution in [0.25, 0.3) is 11.1 Å². The zero-order valence-electron chi connectivity index (χ0n) is 19.7. The van der Waals surface area contributed by atoms with Crippen LogP contribution in [-0.2, 0) is 5.41 Å². The minimum absolute atomic E-state index is 0.0695. The van der Waals surface area contributed by atoms with Crippen molar-refractivity contribution in [2.75, 3.05) is 11.4 Å². The van der Waals surface area contributed by atoms with E-state index in [-0.39, 0.29) is 11.0 Å². The maximum Gasteiger partial charge on any atom is 0.136 e. The molecule has 33 heavy (non-hydrogen) atoms. The molecule has 0 aliphatic carbocycles. The predicted octanol–water partition coefficient (Wildman–Crippen LogP) is 5.21. The number of nitrogens with zero attached hydrogens (tertiary/aromatic N) is 4. The van der Waals surface area contributed by atoms with Crippen LogP contribution in [-0.4, -0.2) is 6.54 Å². The Bertz CT molecular complexity index is 1250. The normalized spacial score (nSPS) is 14.8. The summed E-state index contributed by atoms with van der Waals surface area (Å²) in [7, 11) is 0. The Kier molecular flexibility index (Phi) is 7.71. The van der Waals surface area contributed by atoms with E-state index in [4.69, 9.17) is 10.5 Å². The van der Waals surface area contributed by atoms with Crippen LogP contribution in [0, 0.1) is 34.0 Å². The molecule has 0 aromatic heterocycles. The Hall–Kier alpha value is -3.81. The van der Waals surface area contributed by atoms with Gasteiger partial charge in [-0.1, -0.05) is 88.9 Å². The topological polar surface area (TPSA) is 74.6 Å². The minimum Gasteiger partial charge on any atom is -0.344 e. The molecule has 2 aromatic rings. The van der Waals surface area contributed by atoms with Crippen molar-refractivity contribution in [3.63, 3.8) is 0 Å². The summed E-state index contributed by atoms with van der Waals surface area (Å²) in [5.74, 6) is 0. The zero-order valence-corrected chi connectivity index (χ0v) is 19.7. The molecular weight excluding hydrogens is 404 g/mol. The first-order valence-electron chi connectivity index (χ1n) is 11.6. The van der Waals surface area contributed by atoms with Crippen molar-refractivity contribution in [3.8, 4) is 18.2 Å². The first-order valence-corrected chi connectivity index (χ1v) is 11.6. The van der Waals surface area contributed by atoms with Crippen LogP contribution in [0.5, 0.6) is 0 Å². The van der Waals surface area contributed by atoms with Crippen molar-refractivity contribution in [2.24, 2.45) is 0 Å². The van der Waals surface area contributed by atoms with Crippen LogP contribution < -0.4 is 15.3 Å². The highest BCUT2D eigenvalue weighted by Crippen LogP contribution is 2.48. The molecule has 0 N–H and O–H groups in total. The van der Waals surface area contributed by atoms with E-state index in [1.807, 2.05) is 30.3 Å². The Morgan fingerprint density at radius 3 is 2.12 bits per heavy atom. The van der Waals surface area contributed by atoms with Crippen LogP contribution in [0.2, 0.25) is 0 Å². The van der Waals surface area contributed by atoms with Crippen molar-refractivity contribution in [1.29, 1.82) is 15.8 Å². The first kappa shape index (κ1) is 23.8. The van der Waals surface area contributed by atoms with E-state index in [1.54, 1.807) is 12.1 Å². The molecule has 0 saturated carbocycles. The lowest BCUT2D eigenvalue weighted by Gasteiger charge is -2.27. The fraction of sp³-hybridized carbons (Fsp3) is 0.345. The van der Waals surface area contributed by atoms with Gasteiger partial charge in [0.15, 0.2) is 0 Å². The molecule has 3 rings (SSSR count). The molecule has 0 spiro atoms. The van der Waals surface area contributed by atoms with Gasteiger partial charge in [0.2, 0.25) is 0 Å². The second-order valence-electron chi connectivity index (χ2n) is 8.94. The molecule has 0 unspecified atom stereocenters. The van der Waals surface area contributed by atoms with Gasteiger partial charge in [-0.05, 0) is 29.3 Å². The van der Waals surface area contributed by atoms with E-state index in [0.29, 0.717) is 10.8 Å². The molecule has 166 valence electrons. The Labute approximate surface area is 197 Å². The Morgan fingerprint density at radius 1 is 0.848 bits per heavy atom. The first-order chi connectivity index (χ1) is 16.0. The second-order valence-corrected chi connectivity index (χ2v) is 8.94. The lowest BCUT2D eigenvalue weighted by Crippen LogP contribution is -2.27. The molecule has 1 aliphatic heterocycles. The number of rotatable bonds is 7. The molecular formula is C29H30N4. The van der Waals surface area contributed by atoms with Gasteiger partial charge in [0.25, 0.3) is 0 Å². The molecule has 4 nitrogen and oxygen atoms in total. The molecule has 0 bridgehead atoms. The van der Waals surface area contributed by atoms with Crippen LogP contribution in [0.4, 0.5) is 5.69 Å². The lowest BCUT2D eigenvalue weighted by atomic mass is 9.83. The van der Waals surface area contributed by atoms with E-state index >= 15 is 0 Å². The maximum absolute atomic E-state index is 10.00. The molecule has 1 heterocycles. The van der Waals surface area contributed by atoms with Crippen molar-refractivity contribution >= 4 is 16.8 Å². The van der Waals surface area contributed by atoms with Gasteiger partial charge in [-0.15, -0.1) is 0 Å². The van der Waals surface area contributed by atoms with Crippen LogP contribution in [0.1, 0.15) is 58.4 Å². The lowest BCUT2D eigenvalue weighted by molar-refractivity contribution is 0.603. The number of hydrogen-bond donors (Lipinski definition) is 0. The van der Waals surface area contributed by atoms with E-state index in [1.165, 1.54) is 36.9 Å². The van der Waals surface area contributed by atoms with Gasteiger partial charge in [0, 0.05) is 28.6 Å². The summed E-state index contributed by atoms with van der Waals surface area (Å²) in [6.07, 6.45) is 8.07. The summed E-state index contributed by atoms with van der Waals surface area (Å²) >= 11 is 0. The van der Waals surface area contributed by atoms with Crippen molar-refractivity contribution in [3.05, 3.63) is 76.3 Å². The monoisotopic (exact) mass is 434 g/mol. The smallest absolute Gasteiger partial charge is 0.136 e. The Balaban J connectivity index is 2.07. The van der Waals surface area contributed by atoms with Crippen LogP contribution >= 0.6 is 0 Å². The van der Waals surface area contributed by atoms with Crippen molar-refractivity contribution < 1.29 is 0 Å².